The molecule has 29 heavy (non-hydrogen) atoms. The third-order valence-corrected chi connectivity index (χ3v) is 6.06. The highest BCUT2D eigenvalue weighted by Crippen LogP contribution is 2.17. The number of ether oxygens (including phenoxy) is 1. The first kappa shape index (κ1) is 28.7. The van der Waals surface area contributed by atoms with E-state index in [4.69, 9.17) is 4.74 Å². The Hall–Kier alpha value is -0.300. The van der Waals surface area contributed by atoms with E-state index in [1.165, 1.54) is 134 Å². The van der Waals surface area contributed by atoms with Crippen molar-refractivity contribution >= 4 is 0 Å². The summed E-state index contributed by atoms with van der Waals surface area (Å²) in [7, 11) is 0. The van der Waals surface area contributed by atoms with Gasteiger partial charge in [-0.15, -0.1) is 6.58 Å². The Morgan fingerprint density at radius 1 is 0.586 bits per heavy atom. The monoisotopic (exact) mass is 408 g/mol. The fraction of sp³-hybridized carbons (Fsp3) is 0.929. The molecule has 0 bridgehead atoms. The SMILES string of the molecule is C=C(C)C[C@@H](CCCCCCCCCCC)OCCCCCCCCCCCC. The summed E-state index contributed by atoms with van der Waals surface area (Å²) in [6, 6.07) is 0. The van der Waals surface area contributed by atoms with Gasteiger partial charge >= 0.3 is 0 Å². The first-order chi connectivity index (χ1) is 14.2. The number of rotatable bonds is 24. The van der Waals surface area contributed by atoms with Gasteiger partial charge in [0.2, 0.25) is 0 Å². The largest absolute Gasteiger partial charge is 0.378 e. The van der Waals surface area contributed by atoms with Crippen LogP contribution in [0.3, 0.4) is 0 Å². The summed E-state index contributed by atoms with van der Waals surface area (Å²) >= 11 is 0. The van der Waals surface area contributed by atoms with Crippen LogP contribution in [0.1, 0.15) is 156 Å². The van der Waals surface area contributed by atoms with Crippen LogP contribution in [0.2, 0.25) is 0 Å². The number of unbranched alkanes of at least 4 members (excludes halogenated alkanes) is 17. The molecule has 0 aromatic heterocycles. The van der Waals surface area contributed by atoms with Gasteiger partial charge in [0.15, 0.2) is 0 Å². The van der Waals surface area contributed by atoms with Crippen molar-refractivity contribution in [2.75, 3.05) is 6.61 Å². The van der Waals surface area contributed by atoms with Gasteiger partial charge in [-0.05, 0) is 26.2 Å². The summed E-state index contributed by atoms with van der Waals surface area (Å²) in [5, 5.41) is 0. The quantitative estimate of drug-likeness (QED) is 0.114. The number of hydrogen-bond donors (Lipinski definition) is 0. The van der Waals surface area contributed by atoms with Gasteiger partial charge in [-0.2, -0.15) is 0 Å². The van der Waals surface area contributed by atoms with E-state index in [1.54, 1.807) is 0 Å². The zero-order valence-electron chi connectivity index (χ0n) is 20.7. The molecule has 0 N–H and O–H groups in total. The van der Waals surface area contributed by atoms with Crippen molar-refractivity contribution in [2.24, 2.45) is 0 Å². The molecule has 0 aliphatic heterocycles. The third-order valence-electron chi connectivity index (χ3n) is 6.06. The second-order valence-corrected chi connectivity index (χ2v) is 9.45. The van der Waals surface area contributed by atoms with Crippen molar-refractivity contribution in [3.8, 4) is 0 Å². The molecule has 0 amide bonds. The van der Waals surface area contributed by atoms with Crippen LogP contribution in [0.4, 0.5) is 0 Å². The van der Waals surface area contributed by atoms with Crippen LogP contribution < -0.4 is 0 Å². The van der Waals surface area contributed by atoms with Crippen LogP contribution >= 0.6 is 0 Å². The minimum atomic E-state index is 0.413. The van der Waals surface area contributed by atoms with Gasteiger partial charge in [-0.25, -0.2) is 0 Å². The van der Waals surface area contributed by atoms with Crippen molar-refractivity contribution in [1.29, 1.82) is 0 Å². The summed E-state index contributed by atoms with van der Waals surface area (Å²) in [5.74, 6) is 0. The van der Waals surface area contributed by atoms with Crippen molar-refractivity contribution in [2.45, 2.75) is 162 Å². The normalized spacial score (nSPS) is 12.4. The average Bonchev–Trinajstić information content (AvgIpc) is 2.70. The maximum Gasteiger partial charge on any atom is 0.0612 e. The van der Waals surface area contributed by atoms with Crippen molar-refractivity contribution in [3.63, 3.8) is 0 Å². The highest BCUT2D eigenvalue weighted by molar-refractivity contribution is 4.90. The highest BCUT2D eigenvalue weighted by Gasteiger charge is 2.09. The summed E-state index contributed by atoms with van der Waals surface area (Å²) in [4.78, 5) is 0. The van der Waals surface area contributed by atoms with Crippen LogP contribution in [0.25, 0.3) is 0 Å². The maximum absolute atomic E-state index is 6.24. The van der Waals surface area contributed by atoms with Crippen molar-refractivity contribution in [1.82, 2.24) is 0 Å². The first-order valence-electron chi connectivity index (χ1n) is 13.5. The maximum atomic E-state index is 6.24. The van der Waals surface area contributed by atoms with Gasteiger partial charge < -0.3 is 4.74 Å². The standard InChI is InChI=1S/C28H56O/c1-5-7-9-11-13-15-17-19-21-23-25-29-28(26-27(3)4)24-22-20-18-16-14-12-10-8-6-2/h28H,3,5-26H2,1-2,4H3/t28-/m1/s1. The van der Waals surface area contributed by atoms with Gasteiger partial charge in [0.05, 0.1) is 6.10 Å². The fourth-order valence-electron chi connectivity index (χ4n) is 4.16. The lowest BCUT2D eigenvalue weighted by Crippen LogP contribution is -2.14. The highest BCUT2D eigenvalue weighted by atomic mass is 16.5. The predicted molar refractivity (Wildman–Crippen MR) is 133 cm³/mol. The van der Waals surface area contributed by atoms with Gasteiger partial charge in [-0.3, -0.25) is 0 Å². The van der Waals surface area contributed by atoms with Gasteiger partial charge in [0.1, 0.15) is 0 Å². The number of hydrogen-bond acceptors (Lipinski definition) is 1. The first-order valence-corrected chi connectivity index (χ1v) is 13.5. The summed E-state index contributed by atoms with van der Waals surface area (Å²) in [5.41, 5.74) is 1.27. The second-order valence-electron chi connectivity index (χ2n) is 9.45. The zero-order valence-corrected chi connectivity index (χ0v) is 20.7. The molecule has 1 heteroatoms. The van der Waals surface area contributed by atoms with Crippen LogP contribution in [-0.4, -0.2) is 12.7 Å². The van der Waals surface area contributed by atoms with Crippen molar-refractivity contribution in [3.05, 3.63) is 12.2 Å². The predicted octanol–water partition coefficient (Wildman–Crippen LogP) is 10.2. The Bertz CT molecular complexity index is 322. The van der Waals surface area contributed by atoms with E-state index in [0.717, 1.165) is 13.0 Å². The lowest BCUT2D eigenvalue weighted by atomic mass is 10.0. The van der Waals surface area contributed by atoms with E-state index in [9.17, 15) is 0 Å². The molecule has 174 valence electrons. The van der Waals surface area contributed by atoms with Crippen LogP contribution in [0.15, 0.2) is 12.2 Å². The topological polar surface area (TPSA) is 9.23 Å². The summed E-state index contributed by atoms with van der Waals surface area (Å²) in [6.45, 7) is 11.8. The lowest BCUT2D eigenvalue weighted by molar-refractivity contribution is 0.0434. The van der Waals surface area contributed by atoms with Crippen LogP contribution in [0, 0.1) is 0 Å². The average molecular weight is 409 g/mol. The van der Waals surface area contributed by atoms with Crippen LogP contribution in [-0.2, 0) is 4.74 Å². The Morgan fingerprint density at radius 3 is 1.38 bits per heavy atom. The molecule has 0 heterocycles. The second kappa shape index (κ2) is 24.0. The molecule has 0 saturated heterocycles. The molecule has 0 aromatic carbocycles. The lowest BCUT2D eigenvalue weighted by Gasteiger charge is -2.18. The smallest absolute Gasteiger partial charge is 0.0612 e. The minimum Gasteiger partial charge on any atom is -0.378 e. The van der Waals surface area contributed by atoms with Gasteiger partial charge in [0, 0.05) is 6.61 Å². The molecule has 0 spiro atoms. The Balaban J connectivity index is 3.55. The molecule has 0 rings (SSSR count). The van der Waals surface area contributed by atoms with Gasteiger partial charge in [-0.1, -0.05) is 135 Å². The van der Waals surface area contributed by atoms with E-state index in [-0.39, 0.29) is 0 Å². The molecule has 0 saturated carbocycles. The third kappa shape index (κ3) is 23.8. The Kier molecular flexibility index (Phi) is 23.7. The molecule has 0 aromatic rings. The molecule has 0 aliphatic rings. The van der Waals surface area contributed by atoms with E-state index in [2.05, 4.69) is 27.4 Å². The Morgan fingerprint density at radius 2 is 0.966 bits per heavy atom. The molecular weight excluding hydrogens is 352 g/mol. The zero-order chi connectivity index (χ0) is 21.4. The molecule has 0 radical (unpaired) electrons. The molecular formula is C28H56O. The van der Waals surface area contributed by atoms with Gasteiger partial charge in [0.25, 0.3) is 0 Å². The van der Waals surface area contributed by atoms with E-state index >= 15 is 0 Å². The molecule has 1 nitrogen and oxygen atoms in total. The van der Waals surface area contributed by atoms with Crippen molar-refractivity contribution < 1.29 is 4.74 Å². The molecule has 1 atom stereocenters. The molecule has 0 fully saturated rings. The summed E-state index contributed by atoms with van der Waals surface area (Å²) < 4.78 is 6.24. The van der Waals surface area contributed by atoms with E-state index < -0.39 is 0 Å². The molecule has 0 aliphatic carbocycles. The van der Waals surface area contributed by atoms with E-state index in [1.807, 2.05) is 0 Å². The van der Waals surface area contributed by atoms with E-state index in [0.29, 0.717) is 6.10 Å². The minimum absolute atomic E-state index is 0.413. The van der Waals surface area contributed by atoms with Crippen LogP contribution in [0.5, 0.6) is 0 Å². The summed E-state index contributed by atoms with van der Waals surface area (Å²) in [6.07, 6.45) is 29.2. The molecule has 0 unspecified atom stereocenters. The Labute approximate surface area is 185 Å². The fourth-order valence-corrected chi connectivity index (χ4v) is 4.16.